The molecule has 0 aliphatic carbocycles. The van der Waals surface area contributed by atoms with Crippen LogP contribution in [0.4, 0.5) is 0 Å². The summed E-state index contributed by atoms with van der Waals surface area (Å²) in [5, 5.41) is 9.13. The van der Waals surface area contributed by atoms with E-state index in [1.807, 2.05) is 18.2 Å². The number of hydrogen-bond acceptors (Lipinski definition) is 2. The molecule has 50 valence electrons. The lowest BCUT2D eigenvalue weighted by Gasteiger charge is -1.91. The van der Waals surface area contributed by atoms with Crippen molar-refractivity contribution in [3.05, 3.63) is 29.6 Å². The van der Waals surface area contributed by atoms with E-state index >= 15 is 0 Å². The summed E-state index contributed by atoms with van der Waals surface area (Å²) in [4.78, 5) is 4.00. The van der Waals surface area contributed by atoms with E-state index < -0.39 is 0 Å². The zero-order valence-electron chi connectivity index (χ0n) is 5.21. The molecule has 0 N–H and O–H groups in total. The predicted octanol–water partition coefficient (Wildman–Crippen LogP) is 1.85. The van der Waals surface area contributed by atoms with Gasteiger partial charge >= 0.3 is 0 Å². The summed E-state index contributed by atoms with van der Waals surface area (Å²) in [6.45, 7) is 0. The van der Waals surface area contributed by atoms with Gasteiger partial charge < -0.3 is 0 Å². The van der Waals surface area contributed by atoms with E-state index in [2.05, 4.69) is 20.9 Å². The fourth-order valence-electron chi connectivity index (χ4n) is 0.616. The van der Waals surface area contributed by atoms with Crippen molar-refractivity contribution in [2.24, 2.45) is 0 Å². The molecule has 0 spiro atoms. The third kappa shape index (κ3) is 1.55. The predicted molar refractivity (Wildman–Crippen MR) is 41.6 cm³/mol. The standard InChI is InChI=1S/C7H5BrN2/c8-4-6-2-1-3-7(5-9)10-6/h1-3H,4H2. The number of pyridine rings is 1. The van der Waals surface area contributed by atoms with Gasteiger partial charge in [0.15, 0.2) is 0 Å². The maximum Gasteiger partial charge on any atom is 0.140 e. The van der Waals surface area contributed by atoms with Crippen molar-refractivity contribution >= 4 is 15.9 Å². The second kappa shape index (κ2) is 3.33. The van der Waals surface area contributed by atoms with E-state index in [-0.39, 0.29) is 0 Å². The number of alkyl halides is 1. The van der Waals surface area contributed by atoms with Crippen LogP contribution in [0.25, 0.3) is 0 Å². The number of rotatable bonds is 1. The SMILES string of the molecule is N#Cc1cccc(CBr)n1. The van der Waals surface area contributed by atoms with E-state index in [4.69, 9.17) is 5.26 Å². The highest BCUT2D eigenvalue weighted by Crippen LogP contribution is 2.02. The van der Waals surface area contributed by atoms with Crippen LogP contribution in [0.5, 0.6) is 0 Å². The Morgan fingerprint density at radius 3 is 3.00 bits per heavy atom. The van der Waals surface area contributed by atoms with Gasteiger partial charge in [0.05, 0.1) is 5.69 Å². The minimum Gasteiger partial charge on any atom is -0.241 e. The number of nitrogens with zero attached hydrogens (tertiary/aromatic N) is 2. The monoisotopic (exact) mass is 196 g/mol. The molecule has 0 saturated heterocycles. The van der Waals surface area contributed by atoms with Crippen molar-refractivity contribution in [1.82, 2.24) is 4.98 Å². The molecule has 1 rings (SSSR count). The van der Waals surface area contributed by atoms with Crippen molar-refractivity contribution < 1.29 is 0 Å². The normalized spacial score (nSPS) is 8.80. The maximum absolute atomic E-state index is 8.43. The van der Waals surface area contributed by atoms with E-state index in [0.29, 0.717) is 11.0 Å². The van der Waals surface area contributed by atoms with Crippen LogP contribution in [0.3, 0.4) is 0 Å². The van der Waals surface area contributed by atoms with Gasteiger partial charge in [-0.1, -0.05) is 22.0 Å². The number of aromatic nitrogens is 1. The van der Waals surface area contributed by atoms with Gasteiger partial charge in [-0.2, -0.15) is 5.26 Å². The van der Waals surface area contributed by atoms with Gasteiger partial charge in [-0.05, 0) is 12.1 Å². The molecule has 0 fully saturated rings. The van der Waals surface area contributed by atoms with Crippen molar-refractivity contribution in [3.63, 3.8) is 0 Å². The zero-order chi connectivity index (χ0) is 7.40. The minimum atomic E-state index is 0.469. The van der Waals surface area contributed by atoms with Crippen molar-refractivity contribution in [2.75, 3.05) is 0 Å². The average molecular weight is 197 g/mol. The molecule has 1 aromatic rings. The summed E-state index contributed by atoms with van der Waals surface area (Å²) in [6, 6.07) is 7.35. The molecule has 0 radical (unpaired) electrons. The van der Waals surface area contributed by atoms with E-state index in [0.717, 1.165) is 5.69 Å². The van der Waals surface area contributed by atoms with Gasteiger partial charge in [0.2, 0.25) is 0 Å². The van der Waals surface area contributed by atoms with Crippen LogP contribution in [0.1, 0.15) is 11.4 Å². The van der Waals surface area contributed by atoms with Crippen LogP contribution in [0.15, 0.2) is 18.2 Å². The third-order valence-electron chi connectivity index (χ3n) is 1.06. The third-order valence-corrected chi connectivity index (χ3v) is 1.63. The molecule has 0 aliphatic rings. The minimum absolute atomic E-state index is 0.469. The Bertz CT molecular complexity index is 265. The molecule has 3 heteroatoms. The molecule has 0 amide bonds. The molecular formula is C7H5BrN2. The summed E-state index contributed by atoms with van der Waals surface area (Å²) in [7, 11) is 0. The second-order valence-electron chi connectivity index (χ2n) is 1.76. The topological polar surface area (TPSA) is 36.7 Å². The largest absolute Gasteiger partial charge is 0.241 e. The fourth-order valence-corrected chi connectivity index (χ4v) is 0.929. The summed E-state index contributed by atoms with van der Waals surface area (Å²) in [5.74, 6) is 0. The van der Waals surface area contributed by atoms with Gasteiger partial charge in [0.25, 0.3) is 0 Å². The first kappa shape index (κ1) is 7.23. The summed E-state index contributed by atoms with van der Waals surface area (Å²) >= 11 is 3.25. The number of halogens is 1. The van der Waals surface area contributed by atoms with Crippen molar-refractivity contribution in [1.29, 1.82) is 5.26 Å². The van der Waals surface area contributed by atoms with Crippen LogP contribution >= 0.6 is 15.9 Å². The van der Waals surface area contributed by atoms with Crippen molar-refractivity contribution in [3.8, 4) is 6.07 Å². The molecule has 2 nitrogen and oxygen atoms in total. The molecule has 0 unspecified atom stereocenters. The highest BCUT2D eigenvalue weighted by Gasteiger charge is 1.92. The first-order valence-corrected chi connectivity index (χ1v) is 3.91. The number of hydrogen-bond donors (Lipinski definition) is 0. The van der Waals surface area contributed by atoms with Gasteiger partial charge in [0.1, 0.15) is 11.8 Å². The Hall–Kier alpha value is -0.880. The maximum atomic E-state index is 8.43. The molecule has 0 aliphatic heterocycles. The van der Waals surface area contributed by atoms with Gasteiger partial charge in [-0.25, -0.2) is 4.98 Å². The van der Waals surface area contributed by atoms with E-state index in [1.165, 1.54) is 0 Å². The Morgan fingerprint density at radius 2 is 2.40 bits per heavy atom. The molecular weight excluding hydrogens is 192 g/mol. The Morgan fingerprint density at radius 1 is 1.60 bits per heavy atom. The molecule has 0 atom stereocenters. The van der Waals surface area contributed by atoms with Gasteiger partial charge in [0, 0.05) is 5.33 Å². The highest BCUT2D eigenvalue weighted by atomic mass is 79.9. The number of nitriles is 1. The summed E-state index contributed by atoms with van der Waals surface area (Å²) in [5.41, 5.74) is 1.36. The lowest BCUT2D eigenvalue weighted by Crippen LogP contribution is -1.86. The lowest BCUT2D eigenvalue weighted by atomic mass is 10.3. The quantitative estimate of drug-likeness (QED) is 0.644. The summed E-state index contributed by atoms with van der Waals surface area (Å²) in [6.07, 6.45) is 0. The Labute approximate surface area is 67.6 Å². The highest BCUT2D eigenvalue weighted by molar-refractivity contribution is 9.08. The fraction of sp³-hybridized carbons (Fsp3) is 0.143. The zero-order valence-corrected chi connectivity index (χ0v) is 6.80. The smallest absolute Gasteiger partial charge is 0.140 e. The first-order chi connectivity index (χ1) is 4.86. The van der Waals surface area contributed by atoms with Crippen LogP contribution in [-0.2, 0) is 5.33 Å². The molecule has 0 aromatic carbocycles. The van der Waals surface area contributed by atoms with Crippen LogP contribution < -0.4 is 0 Å². The van der Waals surface area contributed by atoms with Crippen LogP contribution in [0.2, 0.25) is 0 Å². The molecule has 10 heavy (non-hydrogen) atoms. The summed E-state index contributed by atoms with van der Waals surface area (Å²) < 4.78 is 0. The molecule has 0 bridgehead atoms. The van der Waals surface area contributed by atoms with Gasteiger partial charge in [-0.3, -0.25) is 0 Å². The molecule has 0 saturated carbocycles. The Balaban J connectivity index is 3.01. The van der Waals surface area contributed by atoms with Crippen molar-refractivity contribution in [2.45, 2.75) is 5.33 Å². The van der Waals surface area contributed by atoms with Gasteiger partial charge in [-0.15, -0.1) is 0 Å². The van der Waals surface area contributed by atoms with Crippen LogP contribution in [-0.4, -0.2) is 4.98 Å². The lowest BCUT2D eigenvalue weighted by molar-refractivity contribution is 1.15. The molecule has 1 heterocycles. The average Bonchev–Trinajstić information content (AvgIpc) is 2.05. The van der Waals surface area contributed by atoms with Crippen LogP contribution in [0, 0.1) is 11.3 Å². The second-order valence-corrected chi connectivity index (χ2v) is 2.32. The van der Waals surface area contributed by atoms with E-state index in [9.17, 15) is 0 Å². The first-order valence-electron chi connectivity index (χ1n) is 2.79. The van der Waals surface area contributed by atoms with E-state index in [1.54, 1.807) is 6.07 Å². The Kier molecular flexibility index (Phi) is 2.41. The molecule has 1 aromatic heterocycles.